The number of aromatic nitrogens is 4. The lowest BCUT2D eigenvalue weighted by molar-refractivity contribution is -0.132. The highest BCUT2D eigenvalue weighted by molar-refractivity contribution is 7.85. The van der Waals surface area contributed by atoms with Crippen LogP contribution in [0.4, 0.5) is 22.0 Å². The van der Waals surface area contributed by atoms with Gasteiger partial charge in [-0.3, -0.25) is 18.0 Å². The molecule has 0 aliphatic carbocycles. The van der Waals surface area contributed by atoms with E-state index in [9.17, 15) is 22.4 Å². The topological polar surface area (TPSA) is 163 Å². The van der Waals surface area contributed by atoms with Crippen LogP contribution in [0.15, 0.2) is 34.1 Å². The van der Waals surface area contributed by atoms with Crippen molar-refractivity contribution in [2.45, 2.75) is 79.3 Å². The van der Waals surface area contributed by atoms with Crippen molar-refractivity contribution in [2.75, 3.05) is 67.3 Å². The van der Waals surface area contributed by atoms with E-state index in [1.54, 1.807) is 29.0 Å². The first-order chi connectivity index (χ1) is 25.5. The van der Waals surface area contributed by atoms with Gasteiger partial charge in [-0.1, -0.05) is 0 Å². The lowest BCUT2D eigenvalue weighted by atomic mass is 10.1. The Morgan fingerprint density at radius 3 is 1.83 bits per heavy atom. The summed E-state index contributed by atoms with van der Waals surface area (Å²) < 4.78 is 43.8. The van der Waals surface area contributed by atoms with Crippen LogP contribution in [0.25, 0.3) is 0 Å². The van der Waals surface area contributed by atoms with Gasteiger partial charge in [0, 0.05) is 102 Å². The van der Waals surface area contributed by atoms with Crippen LogP contribution in [0.3, 0.4) is 0 Å². The number of carbonyl (C=O) groups is 2. The highest BCUT2D eigenvalue weighted by Crippen LogP contribution is 2.33. The molecule has 2 amide bonds. The van der Waals surface area contributed by atoms with Gasteiger partial charge in [0.15, 0.2) is 0 Å². The van der Waals surface area contributed by atoms with Crippen LogP contribution in [0.1, 0.15) is 49.9 Å². The SMILES string of the molecule is CN1C[C@@H](Nc2nc(Cl)nc3c2S(=O)CC3)CCC1=O.CN1C[C@@H](Nc2nc(N3CCC(Oc4ccc(F)cc4)CC3)nc3c2S(=O)CC3)CCC1=O. The summed E-state index contributed by atoms with van der Waals surface area (Å²) in [4.78, 5) is 48.2. The van der Waals surface area contributed by atoms with Crippen LogP contribution in [-0.2, 0) is 44.0 Å². The van der Waals surface area contributed by atoms with Gasteiger partial charge in [0.25, 0.3) is 0 Å². The number of nitrogens with one attached hydrogen (secondary N) is 2. The molecule has 5 aliphatic rings. The Bertz CT molecular complexity index is 1920. The van der Waals surface area contributed by atoms with E-state index in [4.69, 9.17) is 26.3 Å². The van der Waals surface area contributed by atoms with Gasteiger partial charge in [-0.25, -0.2) is 14.4 Å². The van der Waals surface area contributed by atoms with E-state index in [-0.39, 0.29) is 41.1 Å². The predicted octanol–water partition coefficient (Wildman–Crippen LogP) is 3.19. The molecule has 5 aliphatic heterocycles. The molecule has 8 rings (SSSR count). The summed E-state index contributed by atoms with van der Waals surface area (Å²) in [5.41, 5.74) is 1.62. The summed E-state index contributed by atoms with van der Waals surface area (Å²) in [5, 5.41) is 6.92. The molecule has 2 aromatic heterocycles. The minimum Gasteiger partial charge on any atom is -0.490 e. The molecule has 2 N–H and O–H groups in total. The molecule has 0 spiro atoms. The van der Waals surface area contributed by atoms with Crippen LogP contribution in [0.5, 0.6) is 5.75 Å². The number of amides is 2. The smallest absolute Gasteiger partial charge is 0.227 e. The third-order valence-corrected chi connectivity index (χ3v) is 13.2. The average Bonchev–Trinajstić information content (AvgIpc) is 3.71. The molecule has 0 bridgehead atoms. The summed E-state index contributed by atoms with van der Waals surface area (Å²) in [5.74, 6) is 3.69. The molecule has 1 aromatic carbocycles. The summed E-state index contributed by atoms with van der Waals surface area (Å²) in [6, 6.07) is 6.29. The molecule has 7 heterocycles. The fraction of sp³-hybridized carbons (Fsp3) is 0.543. The third kappa shape index (κ3) is 8.72. The summed E-state index contributed by atoms with van der Waals surface area (Å²) in [7, 11) is 1.42. The van der Waals surface area contributed by atoms with Gasteiger partial charge in [0.05, 0.1) is 33.0 Å². The number of nitrogens with zero attached hydrogens (tertiary/aromatic N) is 7. The van der Waals surface area contributed by atoms with Crippen LogP contribution in [0, 0.1) is 5.82 Å². The van der Waals surface area contributed by atoms with Crippen molar-refractivity contribution in [3.63, 3.8) is 0 Å². The van der Waals surface area contributed by atoms with Crippen molar-refractivity contribution < 1.29 is 27.1 Å². The zero-order valence-corrected chi connectivity index (χ0v) is 32.1. The number of hydrogen-bond donors (Lipinski definition) is 2. The van der Waals surface area contributed by atoms with Crippen molar-refractivity contribution in [3.8, 4) is 5.75 Å². The second kappa shape index (κ2) is 16.2. The third-order valence-electron chi connectivity index (χ3n) is 10.1. The Kier molecular flexibility index (Phi) is 11.4. The van der Waals surface area contributed by atoms with Crippen molar-refractivity contribution in [2.24, 2.45) is 0 Å². The number of ether oxygens (including phenoxy) is 1. The van der Waals surface area contributed by atoms with E-state index in [0.29, 0.717) is 83.4 Å². The lowest BCUT2D eigenvalue weighted by Crippen LogP contribution is -2.43. The van der Waals surface area contributed by atoms with Gasteiger partial charge in [-0.05, 0) is 48.7 Å². The second-order valence-corrected chi connectivity index (χ2v) is 17.3. The molecule has 0 radical (unpaired) electrons. The molecule has 4 atom stereocenters. The first-order valence-electron chi connectivity index (χ1n) is 17.9. The zero-order chi connectivity index (χ0) is 37.2. The van der Waals surface area contributed by atoms with E-state index in [1.807, 2.05) is 7.05 Å². The molecule has 3 fully saturated rings. The van der Waals surface area contributed by atoms with E-state index in [1.165, 1.54) is 12.1 Å². The van der Waals surface area contributed by atoms with Crippen LogP contribution < -0.4 is 20.3 Å². The maximum Gasteiger partial charge on any atom is 0.227 e. The Morgan fingerprint density at radius 1 is 0.755 bits per heavy atom. The standard InChI is InChI=1S/C23H28FN5O3S.C12H15ClN4O2S/c1-28-14-16(4-7-20(28)30)25-22-21-19(10-13-33(21)31)26-23(27-22)29-11-8-18(9-12-29)32-17-5-2-15(24)3-6-17;1-17-6-7(2-3-9(17)18)14-11-10-8(4-5-20(10)19)15-12(13)16-11/h2-3,5-6,16,18H,4,7-14H2,1H3,(H,25,26,27);7H,2-6H2,1H3,(H,14,15,16)/t16-,33?;7-,20?/m00/s1. The number of benzene rings is 1. The monoisotopic (exact) mass is 787 g/mol. The molecular weight excluding hydrogens is 745 g/mol. The molecular formula is C35H43ClFN9O5S2. The van der Waals surface area contributed by atoms with Gasteiger partial charge >= 0.3 is 0 Å². The molecule has 284 valence electrons. The number of carbonyl (C=O) groups excluding carboxylic acids is 2. The number of fused-ring (bicyclic) bond motifs is 2. The molecule has 2 unspecified atom stereocenters. The Morgan fingerprint density at radius 2 is 1.28 bits per heavy atom. The lowest BCUT2D eigenvalue weighted by Gasteiger charge is -2.33. The van der Waals surface area contributed by atoms with E-state index in [2.05, 4.69) is 25.5 Å². The Labute approximate surface area is 317 Å². The van der Waals surface area contributed by atoms with Gasteiger partial charge in [0.1, 0.15) is 39.1 Å². The van der Waals surface area contributed by atoms with Gasteiger partial charge in [0.2, 0.25) is 23.0 Å². The maximum absolute atomic E-state index is 13.1. The normalized spacial score (nSPS) is 24.3. The summed E-state index contributed by atoms with van der Waals surface area (Å²) in [6.07, 6.45) is 5.51. The second-order valence-electron chi connectivity index (χ2n) is 13.9. The van der Waals surface area contributed by atoms with Crippen molar-refractivity contribution in [1.82, 2.24) is 29.7 Å². The minimum absolute atomic E-state index is 0.0570. The minimum atomic E-state index is -1.11. The van der Waals surface area contributed by atoms with Crippen LogP contribution >= 0.6 is 11.6 Å². The van der Waals surface area contributed by atoms with Crippen LogP contribution in [0.2, 0.25) is 5.28 Å². The van der Waals surface area contributed by atoms with Gasteiger partial charge in [-0.15, -0.1) is 0 Å². The largest absolute Gasteiger partial charge is 0.490 e. The molecule has 3 aromatic rings. The first-order valence-corrected chi connectivity index (χ1v) is 20.9. The molecule has 18 heteroatoms. The van der Waals surface area contributed by atoms with Crippen molar-refractivity contribution >= 4 is 62.6 Å². The number of anilines is 3. The number of rotatable bonds is 7. The Balaban J connectivity index is 0.000000186. The fourth-order valence-corrected chi connectivity index (χ4v) is 10.0. The summed E-state index contributed by atoms with van der Waals surface area (Å²) >= 11 is 5.92. The van der Waals surface area contributed by atoms with Crippen molar-refractivity contribution in [3.05, 3.63) is 46.8 Å². The summed E-state index contributed by atoms with van der Waals surface area (Å²) in [6.45, 7) is 2.70. The molecule has 14 nitrogen and oxygen atoms in total. The van der Waals surface area contributed by atoms with Crippen LogP contribution in [-0.4, -0.2) is 120 Å². The first kappa shape index (κ1) is 37.4. The van der Waals surface area contributed by atoms with E-state index >= 15 is 0 Å². The number of piperidine rings is 3. The highest BCUT2D eigenvalue weighted by atomic mass is 35.5. The molecule has 53 heavy (non-hydrogen) atoms. The number of likely N-dealkylation sites (tertiary alicyclic amines) is 2. The number of likely N-dealkylation sites (N-methyl/N-ethyl adjacent to an activating group) is 2. The van der Waals surface area contributed by atoms with Gasteiger partial charge < -0.3 is 30.1 Å². The highest BCUT2D eigenvalue weighted by Gasteiger charge is 2.32. The molecule has 3 saturated heterocycles. The number of halogens is 2. The zero-order valence-electron chi connectivity index (χ0n) is 29.7. The fourth-order valence-electron chi connectivity index (χ4n) is 7.21. The van der Waals surface area contributed by atoms with Crippen molar-refractivity contribution in [1.29, 1.82) is 0 Å². The number of hydrogen-bond acceptors (Lipinski definition) is 12. The maximum atomic E-state index is 13.1. The van der Waals surface area contributed by atoms with E-state index in [0.717, 1.165) is 50.2 Å². The number of aryl methyl sites for hydroxylation is 2. The molecule has 0 saturated carbocycles. The predicted molar refractivity (Wildman–Crippen MR) is 200 cm³/mol. The van der Waals surface area contributed by atoms with E-state index < -0.39 is 21.6 Å². The average molecular weight is 788 g/mol. The quantitative estimate of drug-likeness (QED) is 0.337. The van der Waals surface area contributed by atoms with Gasteiger partial charge in [-0.2, -0.15) is 9.97 Å². The Hall–Kier alpha value is -3.96.